The molecule has 0 bridgehead atoms. The first-order valence-electron chi connectivity index (χ1n) is 7.92. The van der Waals surface area contributed by atoms with Crippen LogP contribution in [0.2, 0.25) is 5.02 Å². The number of hydrogen-bond acceptors (Lipinski definition) is 6. The molecule has 27 heavy (non-hydrogen) atoms. The van der Waals surface area contributed by atoms with E-state index >= 15 is 0 Å². The summed E-state index contributed by atoms with van der Waals surface area (Å²) in [6.07, 6.45) is -0.290. The minimum Gasteiger partial charge on any atom is -0.456 e. The summed E-state index contributed by atoms with van der Waals surface area (Å²) >= 11 is 5.74. The Morgan fingerprint density at radius 1 is 1.19 bits per heavy atom. The molecule has 3 amide bonds. The number of imide groups is 1. The Balaban J connectivity index is 2.35. The Morgan fingerprint density at radius 3 is 2.44 bits per heavy atom. The predicted molar refractivity (Wildman–Crippen MR) is 98.6 cm³/mol. The Morgan fingerprint density at radius 2 is 1.85 bits per heavy atom. The van der Waals surface area contributed by atoms with Gasteiger partial charge >= 0.3 is 12.0 Å². The molecule has 0 aliphatic carbocycles. The highest BCUT2D eigenvalue weighted by molar-refractivity contribution is 7.89. The highest BCUT2D eigenvalue weighted by Crippen LogP contribution is 2.15. The summed E-state index contributed by atoms with van der Waals surface area (Å²) in [4.78, 5) is 34.6. The maximum absolute atomic E-state index is 12.0. The van der Waals surface area contributed by atoms with E-state index in [1.807, 2.05) is 5.32 Å². The van der Waals surface area contributed by atoms with Crippen LogP contribution in [0.15, 0.2) is 29.2 Å². The van der Waals surface area contributed by atoms with Crippen molar-refractivity contribution in [3.8, 4) is 0 Å². The van der Waals surface area contributed by atoms with Crippen LogP contribution in [-0.4, -0.2) is 45.0 Å². The fourth-order valence-corrected chi connectivity index (χ4v) is 3.09. The number of carbonyl (C=O) groups is 3. The smallest absolute Gasteiger partial charge is 0.321 e. The number of sulfonamides is 1. The zero-order valence-corrected chi connectivity index (χ0v) is 16.7. The number of hydrogen-bond donors (Lipinski definition) is 3. The summed E-state index contributed by atoms with van der Waals surface area (Å²) in [5.74, 6) is -1.60. The molecule has 0 aliphatic heterocycles. The van der Waals surface area contributed by atoms with Gasteiger partial charge in [-0.15, -0.1) is 0 Å². The average molecular weight is 420 g/mol. The van der Waals surface area contributed by atoms with E-state index in [-0.39, 0.29) is 22.9 Å². The fraction of sp³-hybridized carbons (Fsp3) is 0.438. The van der Waals surface area contributed by atoms with Gasteiger partial charge in [0.05, 0.1) is 11.3 Å². The maximum Gasteiger partial charge on any atom is 0.321 e. The van der Waals surface area contributed by atoms with Crippen LogP contribution >= 0.6 is 11.6 Å². The van der Waals surface area contributed by atoms with Gasteiger partial charge in [0.15, 0.2) is 6.61 Å². The van der Waals surface area contributed by atoms with Crippen molar-refractivity contribution in [2.45, 2.75) is 37.6 Å². The van der Waals surface area contributed by atoms with E-state index in [0.717, 1.165) is 0 Å². The molecule has 3 N–H and O–H groups in total. The van der Waals surface area contributed by atoms with Crippen molar-refractivity contribution in [3.63, 3.8) is 0 Å². The van der Waals surface area contributed by atoms with Gasteiger partial charge in [-0.25, -0.2) is 17.9 Å². The van der Waals surface area contributed by atoms with Gasteiger partial charge in [-0.1, -0.05) is 17.7 Å². The summed E-state index contributed by atoms with van der Waals surface area (Å²) in [6.45, 7) is 4.34. The van der Waals surface area contributed by atoms with Gasteiger partial charge in [-0.3, -0.25) is 14.9 Å². The molecule has 0 aromatic heterocycles. The third kappa shape index (κ3) is 9.36. The second-order valence-corrected chi connectivity index (χ2v) is 8.72. The zero-order chi connectivity index (χ0) is 20.7. The summed E-state index contributed by atoms with van der Waals surface area (Å²) < 4.78 is 31.0. The van der Waals surface area contributed by atoms with Crippen molar-refractivity contribution in [3.05, 3.63) is 29.3 Å². The van der Waals surface area contributed by atoms with Gasteiger partial charge in [0.25, 0.3) is 5.91 Å². The van der Waals surface area contributed by atoms with E-state index in [1.54, 1.807) is 20.8 Å². The molecule has 1 rings (SSSR count). The minimum absolute atomic E-state index is 0.0346. The molecule has 150 valence electrons. The van der Waals surface area contributed by atoms with E-state index < -0.39 is 40.1 Å². The number of urea groups is 1. The summed E-state index contributed by atoms with van der Waals surface area (Å²) in [5.41, 5.74) is -0.527. The molecule has 0 atom stereocenters. The van der Waals surface area contributed by atoms with Crippen molar-refractivity contribution in [1.29, 1.82) is 0 Å². The second-order valence-electron chi connectivity index (χ2n) is 6.52. The molecule has 1 aromatic carbocycles. The molecule has 9 nitrogen and oxygen atoms in total. The number of rotatable bonds is 7. The second kappa shape index (κ2) is 9.67. The van der Waals surface area contributed by atoms with Crippen LogP contribution < -0.4 is 15.4 Å². The van der Waals surface area contributed by atoms with E-state index in [4.69, 9.17) is 11.6 Å². The highest BCUT2D eigenvalue weighted by atomic mass is 35.5. The van der Waals surface area contributed by atoms with E-state index in [0.29, 0.717) is 0 Å². The number of benzene rings is 1. The molecular weight excluding hydrogens is 398 g/mol. The Labute approximate surface area is 162 Å². The molecule has 0 aliphatic rings. The lowest BCUT2D eigenvalue weighted by atomic mass is 10.1. The van der Waals surface area contributed by atoms with Gasteiger partial charge in [0.1, 0.15) is 0 Å². The van der Waals surface area contributed by atoms with Crippen LogP contribution in [0.1, 0.15) is 27.2 Å². The lowest BCUT2D eigenvalue weighted by Crippen LogP contribution is -2.49. The summed E-state index contributed by atoms with van der Waals surface area (Å²) in [5, 5.41) is 4.78. The number of nitrogens with one attached hydrogen (secondary N) is 3. The summed E-state index contributed by atoms with van der Waals surface area (Å²) in [6, 6.07) is 4.94. The highest BCUT2D eigenvalue weighted by Gasteiger charge is 2.17. The first kappa shape index (κ1) is 22.9. The molecule has 0 saturated carbocycles. The topological polar surface area (TPSA) is 131 Å². The van der Waals surface area contributed by atoms with E-state index in [9.17, 15) is 22.8 Å². The van der Waals surface area contributed by atoms with Crippen molar-refractivity contribution in [2.24, 2.45) is 0 Å². The Kier molecular flexibility index (Phi) is 8.20. The van der Waals surface area contributed by atoms with Gasteiger partial charge in [-0.2, -0.15) is 0 Å². The standard InChI is InChI=1S/C16H22ClN3O6S/c1-16(2,3)20-15(23)19-13(21)10-26-14(22)7-8-18-27(24,25)12-6-4-5-11(17)9-12/h4-6,9,18H,7-8,10H2,1-3H3,(H2,19,20,21,23). The third-order valence-corrected chi connectivity index (χ3v) is 4.53. The third-order valence-electron chi connectivity index (χ3n) is 2.83. The van der Waals surface area contributed by atoms with Gasteiger partial charge in [0.2, 0.25) is 10.0 Å². The SMILES string of the molecule is CC(C)(C)NC(=O)NC(=O)COC(=O)CCNS(=O)(=O)c1cccc(Cl)c1. The minimum atomic E-state index is -3.82. The molecule has 0 saturated heterocycles. The molecule has 0 radical (unpaired) electrons. The molecule has 0 heterocycles. The molecule has 11 heteroatoms. The zero-order valence-electron chi connectivity index (χ0n) is 15.2. The van der Waals surface area contributed by atoms with Crippen molar-refractivity contribution >= 4 is 39.5 Å². The van der Waals surface area contributed by atoms with Gasteiger partial charge in [-0.05, 0) is 39.0 Å². The lowest BCUT2D eigenvalue weighted by Gasteiger charge is -2.20. The lowest BCUT2D eigenvalue weighted by molar-refractivity contribution is -0.148. The van der Waals surface area contributed by atoms with Crippen LogP contribution in [0.3, 0.4) is 0 Å². The van der Waals surface area contributed by atoms with Crippen molar-refractivity contribution in [2.75, 3.05) is 13.2 Å². The largest absolute Gasteiger partial charge is 0.456 e. The van der Waals surface area contributed by atoms with Crippen LogP contribution in [0.4, 0.5) is 4.79 Å². The Bertz CT molecular complexity index is 805. The maximum atomic E-state index is 12.0. The van der Waals surface area contributed by atoms with Crippen LogP contribution in [0, 0.1) is 0 Å². The molecule has 1 aromatic rings. The quantitative estimate of drug-likeness (QED) is 0.569. The van der Waals surface area contributed by atoms with E-state index in [2.05, 4.69) is 14.8 Å². The number of carbonyl (C=O) groups excluding carboxylic acids is 3. The number of esters is 1. The Hall–Kier alpha value is -2.17. The van der Waals surface area contributed by atoms with Crippen molar-refractivity contribution < 1.29 is 27.5 Å². The predicted octanol–water partition coefficient (Wildman–Crippen LogP) is 1.18. The van der Waals surface area contributed by atoms with Gasteiger partial charge < -0.3 is 10.1 Å². The molecule has 0 unspecified atom stereocenters. The first-order chi connectivity index (χ1) is 12.4. The number of amides is 3. The summed E-state index contributed by atoms with van der Waals surface area (Å²) in [7, 11) is -3.82. The molecular formula is C16H22ClN3O6S. The number of halogens is 1. The normalized spacial score (nSPS) is 11.6. The number of ether oxygens (including phenoxy) is 1. The molecule has 0 spiro atoms. The van der Waals surface area contributed by atoms with Gasteiger partial charge in [0, 0.05) is 17.1 Å². The first-order valence-corrected chi connectivity index (χ1v) is 9.78. The van der Waals surface area contributed by atoms with Crippen LogP contribution in [0.25, 0.3) is 0 Å². The monoisotopic (exact) mass is 419 g/mol. The van der Waals surface area contributed by atoms with Crippen LogP contribution in [-0.2, 0) is 24.3 Å². The van der Waals surface area contributed by atoms with Crippen molar-refractivity contribution in [1.82, 2.24) is 15.4 Å². The fourth-order valence-electron chi connectivity index (χ4n) is 1.76. The average Bonchev–Trinajstić information content (AvgIpc) is 2.51. The molecule has 0 fully saturated rings. The van der Waals surface area contributed by atoms with Crippen LogP contribution in [0.5, 0.6) is 0 Å². The van der Waals surface area contributed by atoms with E-state index in [1.165, 1.54) is 24.3 Å².